The molecule has 6 nitrogen and oxygen atoms in total. The Morgan fingerprint density at radius 2 is 1.82 bits per heavy atom. The Balaban J connectivity index is 1.61. The number of hydrogen-bond donors (Lipinski definition) is 1. The number of methoxy groups -OCH3 is 1. The van der Waals surface area contributed by atoms with Gasteiger partial charge >= 0.3 is 0 Å². The van der Waals surface area contributed by atoms with Crippen LogP contribution in [-0.2, 0) is 16.6 Å². The molecule has 0 unspecified atom stereocenters. The van der Waals surface area contributed by atoms with Crippen LogP contribution < -0.4 is 14.4 Å². The van der Waals surface area contributed by atoms with Crippen LogP contribution in [0.5, 0.6) is 5.75 Å². The third-order valence-electron chi connectivity index (χ3n) is 4.98. The SMILES string of the molecule is COc1cccc(NC(=O)c2cc3cc(N(Cc4ccc(Cl)cc4)S(C)(=O)=O)ccc3s2)c1. The van der Waals surface area contributed by atoms with Crippen LogP contribution in [0.25, 0.3) is 10.1 Å². The average Bonchev–Trinajstić information content (AvgIpc) is 3.21. The molecule has 0 aliphatic rings. The van der Waals surface area contributed by atoms with Gasteiger partial charge < -0.3 is 10.1 Å². The van der Waals surface area contributed by atoms with Crippen LogP contribution in [0.3, 0.4) is 0 Å². The molecule has 0 saturated heterocycles. The molecule has 0 bridgehead atoms. The molecule has 0 fully saturated rings. The molecule has 1 aromatic heterocycles. The van der Waals surface area contributed by atoms with Gasteiger partial charge in [0.2, 0.25) is 10.0 Å². The van der Waals surface area contributed by atoms with Crippen molar-refractivity contribution in [3.63, 3.8) is 0 Å². The fourth-order valence-electron chi connectivity index (χ4n) is 3.35. The molecule has 3 aromatic carbocycles. The molecule has 33 heavy (non-hydrogen) atoms. The lowest BCUT2D eigenvalue weighted by Crippen LogP contribution is -2.29. The predicted octanol–water partition coefficient (Wildman–Crippen LogP) is 5.78. The number of thiophene rings is 1. The number of benzene rings is 3. The summed E-state index contributed by atoms with van der Waals surface area (Å²) in [5.41, 5.74) is 1.97. The van der Waals surface area contributed by atoms with Gasteiger partial charge in [-0.2, -0.15) is 0 Å². The molecule has 4 rings (SSSR count). The van der Waals surface area contributed by atoms with Crippen molar-refractivity contribution in [3.8, 4) is 5.75 Å². The van der Waals surface area contributed by atoms with Crippen molar-refractivity contribution < 1.29 is 17.9 Å². The summed E-state index contributed by atoms with van der Waals surface area (Å²) in [6, 6.07) is 21.3. The quantitative estimate of drug-likeness (QED) is 0.349. The highest BCUT2D eigenvalue weighted by Gasteiger charge is 2.19. The smallest absolute Gasteiger partial charge is 0.265 e. The fraction of sp³-hybridized carbons (Fsp3) is 0.125. The van der Waals surface area contributed by atoms with E-state index in [4.69, 9.17) is 16.3 Å². The van der Waals surface area contributed by atoms with Gasteiger partial charge in [-0.15, -0.1) is 11.3 Å². The molecule has 0 atom stereocenters. The minimum absolute atomic E-state index is 0.175. The number of hydrogen-bond acceptors (Lipinski definition) is 5. The largest absolute Gasteiger partial charge is 0.497 e. The first-order valence-corrected chi connectivity index (χ1v) is 13.0. The van der Waals surface area contributed by atoms with E-state index in [0.717, 1.165) is 15.6 Å². The van der Waals surface area contributed by atoms with Gasteiger partial charge in [0.25, 0.3) is 5.91 Å². The van der Waals surface area contributed by atoms with Crippen molar-refractivity contribution in [2.75, 3.05) is 23.0 Å². The standard InChI is InChI=1S/C24H21ClN2O4S2/c1-31-21-5-3-4-19(14-21)26-24(28)23-13-17-12-20(10-11-22(17)32-23)27(33(2,29)30)15-16-6-8-18(25)9-7-16/h3-14H,15H2,1-2H3,(H,26,28). The monoisotopic (exact) mass is 500 g/mol. The topological polar surface area (TPSA) is 75.7 Å². The second kappa shape index (κ2) is 9.43. The number of rotatable bonds is 7. The number of amides is 1. The Labute approximate surface area is 201 Å². The van der Waals surface area contributed by atoms with Crippen molar-refractivity contribution in [2.24, 2.45) is 0 Å². The highest BCUT2D eigenvalue weighted by Crippen LogP contribution is 2.32. The first kappa shape index (κ1) is 23.1. The van der Waals surface area contributed by atoms with Crippen molar-refractivity contribution >= 4 is 60.3 Å². The Bertz CT molecular complexity index is 1420. The summed E-state index contributed by atoms with van der Waals surface area (Å²) in [5.74, 6) is 0.405. The lowest BCUT2D eigenvalue weighted by molar-refractivity contribution is 0.103. The van der Waals surface area contributed by atoms with Gasteiger partial charge in [-0.25, -0.2) is 8.42 Å². The molecule has 0 radical (unpaired) electrons. The fourth-order valence-corrected chi connectivity index (χ4v) is 5.29. The third kappa shape index (κ3) is 5.47. The molecular formula is C24H21ClN2O4S2. The Hall–Kier alpha value is -3.07. The lowest BCUT2D eigenvalue weighted by Gasteiger charge is -2.22. The lowest BCUT2D eigenvalue weighted by atomic mass is 10.2. The molecule has 170 valence electrons. The van der Waals surface area contributed by atoms with E-state index in [-0.39, 0.29) is 12.5 Å². The van der Waals surface area contributed by atoms with E-state index in [1.54, 1.807) is 73.8 Å². The Morgan fingerprint density at radius 3 is 2.52 bits per heavy atom. The van der Waals surface area contributed by atoms with Gasteiger partial charge in [0.05, 0.1) is 30.5 Å². The van der Waals surface area contributed by atoms with Crippen LogP contribution in [-0.4, -0.2) is 27.7 Å². The summed E-state index contributed by atoms with van der Waals surface area (Å²) in [6.07, 6.45) is 1.17. The van der Waals surface area contributed by atoms with Gasteiger partial charge in [-0.3, -0.25) is 9.10 Å². The van der Waals surface area contributed by atoms with Gasteiger partial charge in [0.15, 0.2) is 0 Å². The summed E-state index contributed by atoms with van der Waals surface area (Å²) in [7, 11) is -1.97. The average molecular weight is 501 g/mol. The summed E-state index contributed by atoms with van der Waals surface area (Å²) in [6.45, 7) is 0.175. The molecule has 4 aromatic rings. The van der Waals surface area contributed by atoms with E-state index in [1.165, 1.54) is 21.9 Å². The first-order valence-electron chi connectivity index (χ1n) is 9.94. The number of nitrogens with one attached hydrogen (secondary N) is 1. The maximum absolute atomic E-state index is 12.8. The Kier molecular flexibility index (Phi) is 6.60. The normalized spacial score (nSPS) is 11.4. The number of ether oxygens (including phenoxy) is 1. The highest BCUT2D eigenvalue weighted by molar-refractivity contribution is 7.92. The zero-order valence-corrected chi connectivity index (χ0v) is 20.3. The number of anilines is 2. The second-order valence-electron chi connectivity index (χ2n) is 7.41. The molecular weight excluding hydrogens is 480 g/mol. The number of carbonyl (C=O) groups is 1. The summed E-state index contributed by atoms with van der Waals surface area (Å²) in [5, 5.41) is 4.24. The van der Waals surface area contributed by atoms with Crippen LogP contribution in [0, 0.1) is 0 Å². The molecule has 1 amide bonds. The number of halogens is 1. The number of nitrogens with zero attached hydrogens (tertiary/aromatic N) is 1. The van der Waals surface area contributed by atoms with Crippen LogP contribution in [0.15, 0.2) is 72.8 Å². The van der Waals surface area contributed by atoms with Crippen LogP contribution in [0.1, 0.15) is 15.2 Å². The van der Waals surface area contributed by atoms with Crippen molar-refractivity contribution in [2.45, 2.75) is 6.54 Å². The Morgan fingerprint density at radius 1 is 1.06 bits per heavy atom. The third-order valence-corrected chi connectivity index (χ3v) is 7.49. The van der Waals surface area contributed by atoms with Gasteiger partial charge in [-0.05, 0) is 59.5 Å². The van der Waals surface area contributed by atoms with Crippen LogP contribution in [0.2, 0.25) is 5.02 Å². The predicted molar refractivity (Wildman–Crippen MR) is 135 cm³/mol. The zero-order chi connectivity index (χ0) is 23.6. The minimum Gasteiger partial charge on any atom is -0.497 e. The van der Waals surface area contributed by atoms with E-state index >= 15 is 0 Å². The van der Waals surface area contributed by atoms with E-state index in [2.05, 4.69) is 5.32 Å². The zero-order valence-electron chi connectivity index (χ0n) is 17.9. The first-order chi connectivity index (χ1) is 15.7. The van der Waals surface area contributed by atoms with Crippen molar-refractivity contribution in [3.05, 3.63) is 88.3 Å². The van der Waals surface area contributed by atoms with E-state index in [1.807, 2.05) is 6.07 Å². The van der Waals surface area contributed by atoms with Gasteiger partial charge in [0, 0.05) is 21.5 Å². The maximum Gasteiger partial charge on any atom is 0.265 e. The van der Waals surface area contributed by atoms with Crippen LogP contribution in [0.4, 0.5) is 11.4 Å². The van der Waals surface area contributed by atoms with E-state index in [0.29, 0.717) is 27.0 Å². The molecule has 0 spiro atoms. The molecule has 0 saturated carbocycles. The van der Waals surface area contributed by atoms with Gasteiger partial charge in [-0.1, -0.05) is 29.8 Å². The molecule has 1 N–H and O–H groups in total. The van der Waals surface area contributed by atoms with E-state index < -0.39 is 10.0 Å². The van der Waals surface area contributed by atoms with Crippen LogP contribution >= 0.6 is 22.9 Å². The summed E-state index contributed by atoms with van der Waals surface area (Å²) >= 11 is 7.29. The van der Waals surface area contributed by atoms with Gasteiger partial charge in [0.1, 0.15) is 5.75 Å². The van der Waals surface area contributed by atoms with E-state index in [9.17, 15) is 13.2 Å². The minimum atomic E-state index is -3.54. The number of fused-ring (bicyclic) bond motifs is 1. The number of carbonyl (C=O) groups excluding carboxylic acids is 1. The molecule has 0 aliphatic heterocycles. The second-order valence-corrected chi connectivity index (χ2v) is 10.8. The maximum atomic E-state index is 12.8. The summed E-state index contributed by atoms with van der Waals surface area (Å²) < 4.78 is 32.5. The molecule has 9 heteroatoms. The highest BCUT2D eigenvalue weighted by atomic mass is 35.5. The summed E-state index contributed by atoms with van der Waals surface area (Å²) in [4.78, 5) is 13.3. The van der Waals surface area contributed by atoms with Crippen molar-refractivity contribution in [1.82, 2.24) is 0 Å². The molecule has 1 heterocycles. The van der Waals surface area contributed by atoms with Crippen molar-refractivity contribution in [1.29, 1.82) is 0 Å². The number of sulfonamides is 1. The molecule has 0 aliphatic carbocycles.